The highest BCUT2D eigenvalue weighted by atomic mass is 35.5. The number of alkyl halides is 3. The SMILES string of the molecule is C=CN1C(=O)SC(=Cc2ccc(NCc3ccc(Cl)cc3C(F)(F)F)c(C=N)c2)C1=O. The minimum absolute atomic E-state index is 0.00927. The molecular weight excluding hydrogens is 451 g/mol. The Kier molecular flexibility index (Phi) is 6.56. The first-order valence-electron chi connectivity index (χ1n) is 8.77. The monoisotopic (exact) mass is 465 g/mol. The summed E-state index contributed by atoms with van der Waals surface area (Å²) >= 11 is 6.47. The molecule has 1 fully saturated rings. The third-order valence-electron chi connectivity index (χ3n) is 4.38. The number of hydrogen-bond donors (Lipinski definition) is 2. The first-order valence-corrected chi connectivity index (χ1v) is 9.97. The molecule has 0 spiro atoms. The van der Waals surface area contributed by atoms with Crippen molar-refractivity contribution in [3.8, 4) is 0 Å². The smallest absolute Gasteiger partial charge is 0.380 e. The van der Waals surface area contributed by atoms with Gasteiger partial charge in [-0.25, -0.2) is 4.90 Å². The fourth-order valence-electron chi connectivity index (χ4n) is 2.90. The summed E-state index contributed by atoms with van der Waals surface area (Å²) < 4.78 is 39.8. The number of thioether (sulfide) groups is 1. The lowest BCUT2D eigenvalue weighted by Gasteiger charge is -2.15. The Morgan fingerprint density at radius 3 is 2.55 bits per heavy atom. The highest BCUT2D eigenvalue weighted by Gasteiger charge is 2.34. The largest absolute Gasteiger partial charge is 0.416 e. The van der Waals surface area contributed by atoms with E-state index in [1.54, 1.807) is 18.2 Å². The molecule has 3 rings (SSSR count). The van der Waals surface area contributed by atoms with Gasteiger partial charge in [-0.05, 0) is 53.2 Å². The highest BCUT2D eigenvalue weighted by Crippen LogP contribution is 2.35. The van der Waals surface area contributed by atoms with E-state index in [4.69, 9.17) is 17.0 Å². The molecule has 2 N–H and O–H groups in total. The number of nitrogens with zero attached hydrogens (tertiary/aromatic N) is 1. The molecule has 0 bridgehead atoms. The molecule has 1 aliphatic rings. The van der Waals surface area contributed by atoms with Crippen molar-refractivity contribution in [3.63, 3.8) is 0 Å². The molecule has 31 heavy (non-hydrogen) atoms. The predicted molar refractivity (Wildman–Crippen MR) is 116 cm³/mol. The molecule has 0 aromatic heterocycles. The van der Waals surface area contributed by atoms with Crippen LogP contribution in [0.25, 0.3) is 6.08 Å². The molecule has 1 heterocycles. The average molecular weight is 466 g/mol. The number of anilines is 1. The van der Waals surface area contributed by atoms with Gasteiger partial charge in [0, 0.05) is 35.2 Å². The molecule has 0 aliphatic carbocycles. The lowest BCUT2D eigenvalue weighted by atomic mass is 10.1. The summed E-state index contributed by atoms with van der Waals surface area (Å²) in [4.78, 5) is 25.0. The van der Waals surface area contributed by atoms with Crippen molar-refractivity contribution >= 4 is 52.5 Å². The second-order valence-corrected chi connectivity index (χ2v) is 7.81. The molecule has 2 amide bonds. The Balaban J connectivity index is 1.83. The molecule has 2 aromatic carbocycles. The lowest BCUT2D eigenvalue weighted by Crippen LogP contribution is -2.21. The normalized spacial score (nSPS) is 15.5. The quantitative estimate of drug-likeness (QED) is 0.396. The van der Waals surface area contributed by atoms with E-state index in [1.165, 1.54) is 18.2 Å². The van der Waals surface area contributed by atoms with Crippen molar-refractivity contribution in [3.05, 3.63) is 81.4 Å². The lowest BCUT2D eigenvalue weighted by molar-refractivity contribution is -0.138. The number of imide groups is 1. The van der Waals surface area contributed by atoms with Crippen LogP contribution in [-0.4, -0.2) is 22.3 Å². The molecule has 0 unspecified atom stereocenters. The zero-order valence-corrected chi connectivity index (χ0v) is 17.4. The zero-order chi connectivity index (χ0) is 22.8. The topological polar surface area (TPSA) is 73.3 Å². The molecular formula is C21H15ClF3N3O2S. The van der Waals surface area contributed by atoms with Gasteiger partial charge in [0.2, 0.25) is 0 Å². The molecule has 0 atom stereocenters. The van der Waals surface area contributed by atoms with Gasteiger partial charge in [0.25, 0.3) is 11.1 Å². The summed E-state index contributed by atoms with van der Waals surface area (Å²) in [7, 11) is 0. The zero-order valence-electron chi connectivity index (χ0n) is 15.8. The number of halogens is 4. The second kappa shape index (κ2) is 8.99. The van der Waals surface area contributed by atoms with E-state index in [0.29, 0.717) is 16.8 Å². The van der Waals surface area contributed by atoms with Gasteiger partial charge < -0.3 is 10.7 Å². The Hall–Kier alpha value is -3.04. The van der Waals surface area contributed by atoms with Crippen LogP contribution in [0.2, 0.25) is 5.02 Å². The molecule has 160 valence electrons. The maximum Gasteiger partial charge on any atom is 0.416 e. The molecule has 10 heteroatoms. The number of benzene rings is 2. The van der Waals surface area contributed by atoms with Gasteiger partial charge in [-0.3, -0.25) is 9.59 Å². The van der Waals surface area contributed by atoms with Gasteiger partial charge in [0.15, 0.2) is 0 Å². The highest BCUT2D eigenvalue weighted by molar-refractivity contribution is 8.18. The summed E-state index contributed by atoms with van der Waals surface area (Å²) in [5, 5.41) is 10.1. The standard InChI is InChI=1S/C21H15ClF3N3O2S/c1-2-28-19(29)18(31-20(28)30)8-12-3-6-17(14(7-12)10-26)27-11-13-4-5-15(22)9-16(13)21(23,24)25/h2-10,26-27H,1,11H2. The first kappa shape index (κ1) is 22.6. The van der Waals surface area contributed by atoms with Crippen molar-refractivity contribution in [1.29, 1.82) is 5.41 Å². The van der Waals surface area contributed by atoms with Crippen molar-refractivity contribution in [2.45, 2.75) is 12.7 Å². The van der Waals surface area contributed by atoms with Crippen LogP contribution in [0.3, 0.4) is 0 Å². The summed E-state index contributed by atoms with van der Waals surface area (Å²) in [5.74, 6) is -0.494. The third kappa shape index (κ3) is 5.00. The van der Waals surface area contributed by atoms with Gasteiger partial charge in [0.1, 0.15) is 0 Å². The predicted octanol–water partition coefficient (Wildman–Crippen LogP) is 6.15. The van der Waals surface area contributed by atoms with E-state index in [9.17, 15) is 22.8 Å². The number of carbonyl (C=O) groups excluding carboxylic acids is 2. The maximum absolute atomic E-state index is 13.3. The van der Waals surface area contributed by atoms with Crippen molar-refractivity contribution in [2.24, 2.45) is 0 Å². The molecule has 2 aromatic rings. The number of rotatable bonds is 6. The molecule has 5 nitrogen and oxygen atoms in total. The van der Waals surface area contributed by atoms with E-state index in [-0.39, 0.29) is 22.0 Å². The van der Waals surface area contributed by atoms with E-state index >= 15 is 0 Å². The average Bonchev–Trinajstić information content (AvgIpc) is 2.99. The fraction of sp³-hybridized carbons (Fsp3) is 0.0952. The second-order valence-electron chi connectivity index (χ2n) is 6.38. The first-order chi connectivity index (χ1) is 14.6. The molecule has 1 aliphatic heterocycles. The summed E-state index contributed by atoms with van der Waals surface area (Å²) in [6.45, 7) is 3.29. The number of amides is 2. The van der Waals surface area contributed by atoms with E-state index in [2.05, 4.69) is 11.9 Å². The third-order valence-corrected chi connectivity index (χ3v) is 5.50. The minimum atomic E-state index is -4.55. The van der Waals surface area contributed by atoms with Gasteiger partial charge in [0.05, 0.1) is 10.5 Å². The summed E-state index contributed by atoms with van der Waals surface area (Å²) in [6.07, 6.45) is -0.862. The van der Waals surface area contributed by atoms with Gasteiger partial charge >= 0.3 is 6.18 Å². The minimum Gasteiger partial charge on any atom is -0.380 e. The van der Waals surface area contributed by atoms with Gasteiger partial charge in [-0.2, -0.15) is 13.2 Å². The number of carbonyl (C=O) groups is 2. The molecule has 0 saturated carbocycles. The number of nitrogens with one attached hydrogen (secondary N) is 2. The number of hydrogen-bond acceptors (Lipinski definition) is 5. The fourth-order valence-corrected chi connectivity index (χ4v) is 3.89. The summed E-state index contributed by atoms with van der Waals surface area (Å²) in [6, 6.07) is 8.35. The van der Waals surface area contributed by atoms with E-state index < -0.39 is 22.9 Å². The van der Waals surface area contributed by atoms with Gasteiger partial charge in [-0.15, -0.1) is 0 Å². The Morgan fingerprint density at radius 2 is 1.94 bits per heavy atom. The molecule has 1 saturated heterocycles. The Bertz CT molecular complexity index is 1120. The van der Waals surface area contributed by atoms with Crippen molar-refractivity contribution < 1.29 is 22.8 Å². The van der Waals surface area contributed by atoms with Crippen LogP contribution >= 0.6 is 23.4 Å². The van der Waals surface area contributed by atoms with Crippen LogP contribution in [0.4, 0.5) is 23.7 Å². The van der Waals surface area contributed by atoms with E-state index in [0.717, 1.165) is 35.1 Å². The Labute approximate surface area is 185 Å². The van der Waals surface area contributed by atoms with Crippen LogP contribution in [0, 0.1) is 5.41 Å². The van der Waals surface area contributed by atoms with Crippen LogP contribution in [-0.2, 0) is 17.5 Å². The maximum atomic E-state index is 13.3. The van der Waals surface area contributed by atoms with Crippen LogP contribution in [0.15, 0.2) is 54.1 Å². The molecule has 0 radical (unpaired) electrons. The Morgan fingerprint density at radius 1 is 1.19 bits per heavy atom. The van der Waals surface area contributed by atoms with Gasteiger partial charge in [-0.1, -0.05) is 30.3 Å². The van der Waals surface area contributed by atoms with Crippen LogP contribution in [0.1, 0.15) is 22.3 Å². The van der Waals surface area contributed by atoms with Crippen LogP contribution < -0.4 is 5.32 Å². The van der Waals surface area contributed by atoms with Crippen molar-refractivity contribution in [2.75, 3.05) is 5.32 Å². The van der Waals surface area contributed by atoms with Crippen LogP contribution in [0.5, 0.6) is 0 Å². The summed E-state index contributed by atoms with van der Waals surface area (Å²) in [5.41, 5.74) is 0.572. The van der Waals surface area contributed by atoms with Crippen molar-refractivity contribution in [1.82, 2.24) is 4.90 Å². The van der Waals surface area contributed by atoms with E-state index in [1.807, 2.05) is 0 Å².